The van der Waals surface area contributed by atoms with Gasteiger partial charge >= 0.3 is 5.97 Å². The highest BCUT2D eigenvalue weighted by atomic mass is 16.5. The number of amides is 2. The lowest BCUT2D eigenvalue weighted by molar-refractivity contribution is -0.142. The molecule has 0 spiro atoms. The van der Waals surface area contributed by atoms with E-state index in [1.165, 1.54) is 7.11 Å². The van der Waals surface area contributed by atoms with E-state index in [0.29, 0.717) is 17.7 Å². The maximum absolute atomic E-state index is 12.8. The van der Waals surface area contributed by atoms with Crippen molar-refractivity contribution in [2.24, 2.45) is 5.92 Å². The molecule has 2 aromatic carbocycles. The summed E-state index contributed by atoms with van der Waals surface area (Å²) < 4.78 is 5.08. The number of hydrogen-bond acceptors (Lipinski definition) is 4. The first kappa shape index (κ1) is 22.9. The van der Waals surface area contributed by atoms with E-state index < -0.39 is 29.9 Å². The molecule has 0 aromatic heterocycles. The van der Waals surface area contributed by atoms with Gasteiger partial charge in [0.25, 0.3) is 5.91 Å². The van der Waals surface area contributed by atoms with Crippen molar-refractivity contribution in [3.05, 3.63) is 65.7 Å². The summed E-state index contributed by atoms with van der Waals surface area (Å²) in [6.07, 6.45) is 0.536. The Bertz CT molecular complexity index is 850. The molecule has 160 valence electrons. The predicted molar refractivity (Wildman–Crippen MR) is 113 cm³/mol. The van der Waals surface area contributed by atoms with E-state index in [4.69, 9.17) is 4.74 Å². The van der Waals surface area contributed by atoms with Gasteiger partial charge in [-0.15, -0.1) is 0 Å². The number of nitrogens with one attached hydrogen (secondary N) is 2. The van der Waals surface area contributed by atoms with Crippen molar-refractivity contribution in [3.63, 3.8) is 0 Å². The number of ether oxygens (including phenoxy) is 1. The molecule has 3 N–H and O–H groups in total. The highest BCUT2D eigenvalue weighted by molar-refractivity contribution is 5.98. The van der Waals surface area contributed by atoms with Crippen LogP contribution in [0.15, 0.2) is 54.6 Å². The summed E-state index contributed by atoms with van der Waals surface area (Å²) in [6, 6.07) is 13.7. The first-order chi connectivity index (χ1) is 14.3. The zero-order valence-electron chi connectivity index (χ0n) is 17.4. The second kappa shape index (κ2) is 11.0. The molecule has 2 aromatic rings. The van der Waals surface area contributed by atoms with Gasteiger partial charge in [0.1, 0.15) is 17.8 Å². The lowest BCUT2D eigenvalue weighted by Crippen LogP contribution is -2.52. The molecule has 0 aliphatic heterocycles. The summed E-state index contributed by atoms with van der Waals surface area (Å²) in [5.74, 6) is -1.32. The third-order valence-electron chi connectivity index (χ3n) is 4.58. The van der Waals surface area contributed by atoms with Crippen molar-refractivity contribution in [1.29, 1.82) is 0 Å². The summed E-state index contributed by atoms with van der Waals surface area (Å²) in [5.41, 5.74) is 1.18. The van der Waals surface area contributed by atoms with E-state index in [1.54, 1.807) is 36.4 Å². The standard InChI is InChI=1S/C23H28N2O5/c1-15(2)13-19(24-21(26)17-9-11-18(30-3)12-10-17)22(27)25-20(23(28)29)14-16-7-5-4-6-8-16/h4-12,15,19-20H,13-14H2,1-3H3,(H,24,26)(H,25,27)(H,28,29)/t19-,20-/m0/s1. The van der Waals surface area contributed by atoms with Crippen molar-refractivity contribution >= 4 is 17.8 Å². The molecule has 30 heavy (non-hydrogen) atoms. The van der Waals surface area contributed by atoms with E-state index in [1.807, 2.05) is 32.0 Å². The molecule has 0 radical (unpaired) electrons. The van der Waals surface area contributed by atoms with Crippen LogP contribution in [0.5, 0.6) is 5.75 Å². The van der Waals surface area contributed by atoms with Gasteiger partial charge < -0.3 is 20.5 Å². The fourth-order valence-corrected chi connectivity index (χ4v) is 3.01. The minimum absolute atomic E-state index is 0.120. The Hall–Kier alpha value is -3.35. The van der Waals surface area contributed by atoms with Gasteiger partial charge in [0.05, 0.1) is 7.11 Å². The molecule has 7 heteroatoms. The van der Waals surface area contributed by atoms with Crippen molar-refractivity contribution < 1.29 is 24.2 Å². The van der Waals surface area contributed by atoms with E-state index in [0.717, 1.165) is 5.56 Å². The Morgan fingerprint density at radius 2 is 1.57 bits per heavy atom. The van der Waals surface area contributed by atoms with Gasteiger partial charge in [-0.1, -0.05) is 44.2 Å². The SMILES string of the molecule is COc1ccc(C(=O)N[C@@H](CC(C)C)C(=O)N[C@@H](Cc2ccccc2)C(=O)O)cc1. The average molecular weight is 412 g/mol. The molecule has 7 nitrogen and oxygen atoms in total. The zero-order valence-corrected chi connectivity index (χ0v) is 17.4. The van der Waals surface area contributed by atoms with Gasteiger partial charge in [-0.05, 0) is 42.2 Å². The van der Waals surface area contributed by atoms with Crippen LogP contribution in [0.2, 0.25) is 0 Å². The normalized spacial score (nSPS) is 12.7. The maximum atomic E-state index is 12.8. The molecule has 2 amide bonds. The zero-order chi connectivity index (χ0) is 22.1. The molecule has 0 fully saturated rings. The molecule has 0 saturated heterocycles. The number of rotatable bonds is 10. The molecule has 0 unspecified atom stereocenters. The van der Waals surface area contributed by atoms with Gasteiger partial charge in [-0.25, -0.2) is 4.79 Å². The Morgan fingerprint density at radius 1 is 0.933 bits per heavy atom. The minimum atomic E-state index is -1.13. The topological polar surface area (TPSA) is 105 Å². The molecule has 0 aliphatic carbocycles. The molecular weight excluding hydrogens is 384 g/mol. The molecule has 0 saturated carbocycles. The van der Waals surface area contributed by atoms with E-state index in [-0.39, 0.29) is 12.3 Å². The van der Waals surface area contributed by atoms with Crippen LogP contribution in [0, 0.1) is 5.92 Å². The van der Waals surface area contributed by atoms with Crippen molar-refractivity contribution in [2.75, 3.05) is 7.11 Å². The molecule has 2 atom stereocenters. The minimum Gasteiger partial charge on any atom is -0.497 e. The number of carbonyl (C=O) groups excluding carboxylic acids is 2. The molecule has 0 aliphatic rings. The number of benzene rings is 2. The Kier molecular flexibility index (Phi) is 8.41. The highest BCUT2D eigenvalue weighted by Crippen LogP contribution is 2.13. The molecule has 0 bridgehead atoms. The lowest BCUT2D eigenvalue weighted by Gasteiger charge is -2.23. The lowest BCUT2D eigenvalue weighted by atomic mass is 10.0. The summed E-state index contributed by atoms with van der Waals surface area (Å²) in [7, 11) is 1.53. The van der Waals surface area contributed by atoms with Gasteiger partial charge in [0, 0.05) is 12.0 Å². The summed E-state index contributed by atoms with van der Waals surface area (Å²) in [6.45, 7) is 3.86. The van der Waals surface area contributed by atoms with Crippen LogP contribution in [-0.2, 0) is 16.0 Å². The predicted octanol–water partition coefficient (Wildman–Crippen LogP) is 2.65. The van der Waals surface area contributed by atoms with Gasteiger partial charge in [-0.2, -0.15) is 0 Å². The summed E-state index contributed by atoms with van der Waals surface area (Å²) in [5, 5.41) is 14.8. The van der Waals surface area contributed by atoms with E-state index >= 15 is 0 Å². The first-order valence-corrected chi connectivity index (χ1v) is 9.82. The third-order valence-corrected chi connectivity index (χ3v) is 4.58. The van der Waals surface area contributed by atoms with E-state index in [2.05, 4.69) is 10.6 Å². The van der Waals surface area contributed by atoms with Crippen LogP contribution in [0.25, 0.3) is 0 Å². The number of hydrogen-bond donors (Lipinski definition) is 3. The van der Waals surface area contributed by atoms with Gasteiger partial charge in [0.2, 0.25) is 5.91 Å². The Labute approximate surface area is 176 Å². The fourth-order valence-electron chi connectivity index (χ4n) is 3.01. The number of carboxylic acids is 1. The molecular formula is C23H28N2O5. The fraction of sp³-hybridized carbons (Fsp3) is 0.348. The largest absolute Gasteiger partial charge is 0.497 e. The second-order valence-electron chi connectivity index (χ2n) is 7.47. The second-order valence-corrected chi connectivity index (χ2v) is 7.47. The van der Waals surface area contributed by atoms with Crippen molar-refractivity contribution in [2.45, 2.75) is 38.8 Å². The van der Waals surface area contributed by atoms with Gasteiger partial charge in [-0.3, -0.25) is 9.59 Å². The Morgan fingerprint density at radius 3 is 2.10 bits per heavy atom. The van der Waals surface area contributed by atoms with Crippen LogP contribution < -0.4 is 15.4 Å². The van der Waals surface area contributed by atoms with Crippen LogP contribution >= 0.6 is 0 Å². The highest BCUT2D eigenvalue weighted by Gasteiger charge is 2.27. The number of methoxy groups -OCH3 is 1. The molecule has 2 rings (SSSR count). The summed E-state index contributed by atoms with van der Waals surface area (Å²) >= 11 is 0. The number of aliphatic carboxylic acids is 1. The van der Waals surface area contributed by atoms with E-state index in [9.17, 15) is 19.5 Å². The van der Waals surface area contributed by atoms with Crippen LogP contribution in [0.3, 0.4) is 0 Å². The summed E-state index contributed by atoms with van der Waals surface area (Å²) in [4.78, 5) is 37.1. The van der Waals surface area contributed by atoms with Gasteiger partial charge in [0.15, 0.2) is 0 Å². The number of carbonyl (C=O) groups is 3. The monoisotopic (exact) mass is 412 g/mol. The first-order valence-electron chi connectivity index (χ1n) is 9.82. The van der Waals surface area contributed by atoms with Crippen LogP contribution in [0.4, 0.5) is 0 Å². The smallest absolute Gasteiger partial charge is 0.326 e. The Balaban J connectivity index is 2.10. The quantitative estimate of drug-likeness (QED) is 0.556. The van der Waals surface area contributed by atoms with Crippen molar-refractivity contribution in [3.8, 4) is 5.75 Å². The number of carboxylic acid groups (broad SMARTS) is 1. The molecule has 0 heterocycles. The maximum Gasteiger partial charge on any atom is 0.326 e. The third kappa shape index (κ3) is 6.92. The van der Waals surface area contributed by atoms with Crippen LogP contribution in [-0.4, -0.2) is 42.1 Å². The van der Waals surface area contributed by atoms with Crippen molar-refractivity contribution in [1.82, 2.24) is 10.6 Å². The van der Waals surface area contributed by atoms with Crippen LogP contribution in [0.1, 0.15) is 36.2 Å². The average Bonchev–Trinajstić information content (AvgIpc) is 2.73.